The number of carbonyl (C=O) groups is 3. The van der Waals surface area contributed by atoms with Crippen LogP contribution < -0.4 is 0 Å². The van der Waals surface area contributed by atoms with Gasteiger partial charge in [-0.25, -0.2) is 0 Å². The normalized spacial score (nSPS) is 46.0. The fourth-order valence-electron chi connectivity index (χ4n) is 7.04. The van der Waals surface area contributed by atoms with Crippen molar-refractivity contribution < 1.29 is 34.4 Å². The van der Waals surface area contributed by atoms with Gasteiger partial charge < -0.3 is 20.1 Å². The standard InChI is InChI=1S/C24H30O7/c1-12-7-16-20-17(27)9-14-8-15(26)5-6-22(14,3)21(20)18(28)10-23(16,4)24(12,30)19(29)11-31-13(2)25/h5-6,8,16-18,20-21,27-28,30H,1,7,9-11H2,2-4H3/t16-,17-,18-,20+,21-,22-,23-,24-/m0/s1. The third-order valence-electron chi connectivity index (χ3n) is 8.53. The van der Waals surface area contributed by atoms with Crippen molar-refractivity contribution in [2.24, 2.45) is 28.6 Å². The van der Waals surface area contributed by atoms with E-state index in [1.807, 2.05) is 13.0 Å². The largest absolute Gasteiger partial charge is 0.458 e. The summed E-state index contributed by atoms with van der Waals surface area (Å²) in [5.41, 5.74) is -2.52. The first-order chi connectivity index (χ1) is 14.4. The van der Waals surface area contributed by atoms with E-state index in [0.717, 1.165) is 5.57 Å². The summed E-state index contributed by atoms with van der Waals surface area (Å²) in [4.78, 5) is 36.2. The van der Waals surface area contributed by atoms with Crippen LogP contribution in [0, 0.1) is 28.6 Å². The van der Waals surface area contributed by atoms with Crippen LogP contribution in [0.3, 0.4) is 0 Å². The zero-order valence-electron chi connectivity index (χ0n) is 18.1. The maximum atomic E-state index is 13.0. The molecular weight excluding hydrogens is 400 g/mol. The van der Waals surface area contributed by atoms with Gasteiger partial charge in [-0.2, -0.15) is 0 Å². The molecule has 4 aliphatic rings. The molecule has 31 heavy (non-hydrogen) atoms. The smallest absolute Gasteiger partial charge is 0.303 e. The topological polar surface area (TPSA) is 121 Å². The quantitative estimate of drug-likeness (QED) is 0.455. The molecule has 0 saturated heterocycles. The molecule has 7 heteroatoms. The summed E-state index contributed by atoms with van der Waals surface area (Å²) in [5.74, 6) is -2.50. The molecule has 8 atom stereocenters. The van der Waals surface area contributed by atoms with Crippen LogP contribution in [0.15, 0.2) is 36.0 Å². The molecule has 0 aromatic heterocycles. The van der Waals surface area contributed by atoms with E-state index in [9.17, 15) is 29.7 Å². The van der Waals surface area contributed by atoms with Crippen molar-refractivity contribution in [2.75, 3.05) is 6.61 Å². The van der Waals surface area contributed by atoms with Crippen LogP contribution in [0.2, 0.25) is 0 Å². The summed E-state index contributed by atoms with van der Waals surface area (Å²) in [6.45, 7) is 8.31. The lowest BCUT2D eigenvalue weighted by molar-refractivity contribution is -0.189. The van der Waals surface area contributed by atoms with Gasteiger partial charge >= 0.3 is 5.97 Å². The number of hydrogen-bond acceptors (Lipinski definition) is 7. The first kappa shape index (κ1) is 22.1. The molecule has 0 heterocycles. The minimum atomic E-state index is -1.96. The van der Waals surface area contributed by atoms with Crippen LogP contribution in [-0.4, -0.2) is 57.3 Å². The van der Waals surface area contributed by atoms with E-state index in [4.69, 9.17) is 4.74 Å². The van der Waals surface area contributed by atoms with E-state index in [0.29, 0.717) is 18.4 Å². The van der Waals surface area contributed by atoms with Crippen LogP contribution in [0.4, 0.5) is 0 Å². The number of ketones is 2. The summed E-state index contributed by atoms with van der Waals surface area (Å²) in [6, 6.07) is 0. The van der Waals surface area contributed by atoms with E-state index in [2.05, 4.69) is 6.58 Å². The van der Waals surface area contributed by atoms with E-state index in [-0.39, 0.29) is 24.0 Å². The molecule has 3 fully saturated rings. The Bertz CT molecular complexity index is 932. The predicted molar refractivity (Wildman–Crippen MR) is 111 cm³/mol. The zero-order valence-corrected chi connectivity index (χ0v) is 18.1. The Labute approximate surface area is 181 Å². The number of Topliss-reactive ketones (excluding diaryl/α,β-unsaturated/α-hetero) is 1. The number of hydrogen-bond donors (Lipinski definition) is 3. The van der Waals surface area contributed by atoms with Crippen LogP contribution in [0.5, 0.6) is 0 Å². The molecule has 168 valence electrons. The molecule has 0 bridgehead atoms. The minimum absolute atomic E-state index is 0.123. The highest BCUT2D eigenvalue weighted by Gasteiger charge is 2.70. The second-order valence-electron chi connectivity index (χ2n) is 10.1. The Morgan fingerprint density at radius 2 is 1.90 bits per heavy atom. The molecule has 0 aromatic carbocycles. The maximum absolute atomic E-state index is 13.0. The van der Waals surface area contributed by atoms with Gasteiger partial charge in [-0.05, 0) is 48.8 Å². The lowest BCUT2D eigenvalue weighted by Crippen LogP contribution is -2.64. The van der Waals surface area contributed by atoms with Gasteiger partial charge in [-0.1, -0.05) is 32.1 Å². The number of rotatable bonds is 3. The van der Waals surface area contributed by atoms with Gasteiger partial charge in [-0.3, -0.25) is 14.4 Å². The molecule has 0 unspecified atom stereocenters. The number of fused-ring (bicyclic) bond motifs is 5. The van der Waals surface area contributed by atoms with Crippen molar-refractivity contribution in [3.05, 3.63) is 36.0 Å². The number of ether oxygens (including phenoxy) is 1. The number of esters is 1. The number of allylic oxidation sites excluding steroid dienone is 3. The average molecular weight is 430 g/mol. The van der Waals surface area contributed by atoms with Crippen LogP contribution >= 0.6 is 0 Å². The van der Waals surface area contributed by atoms with Crippen molar-refractivity contribution >= 4 is 17.5 Å². The second-order valence-corrected chi connectivity index (χ2v) is 10.1. The maximum Gasteiger partial charge on any atom is 0.303 e. The van der Waals surface area contributed by atoms with Crippen molar-refractivity contribution in [1.29, 1.82) is 0 Å². The second kappa shape index (κ2) is 6.95. The minimum Gasteiger partial charge on any atom is -0.458 e. The number of carbonyl (C=O) groups excluding carboxylic acids is 3. The van der Waals surface area contributed by atoms with Gasteiger partial charge in [0.2, 0.25) is 5.78 Å². The summed E-state index contributed by atoms with van der Waals surface area (Å²) in [7, 11) is 0. The van der Waals surface area contributed by atoms with E-state index in [1.165, 1.54) is 13.0 Å². The van der Waals surface area contributed by atoms with Crippen LogP contribution in [0.25, 0.3) is 0 Å². The molecule has 0 aromatic rings. The SMILES string of the molecule is C=C1C[C@H]2[C@H]3[C@H]([C@@H](O)C[C@]2(C)[C@@]1(O)C(=O)COC(C)=O)[C@@]1(C)C=CC(=O)C=C1C[C@@H]3O. The van der Waals surface area contributed by atoms with Gasteiger partial charge in [0.15, 0.2) is 18.0 Å². The Hall–Kier alpha value is -2.09. The Morgan fingerprint density at radius 3 is 2.55 bits per heavy atom. The van der Waals surface area contributed by atoms with Gasteiger partial charge in [0.05, 0.1) is 12.2 Å². The summed E-state index contributed by atoms with van der Waals surface area (Å²) in [6.07, 6.45) is 3.85. The molecule has 4 rings (SSSR count). The Kier molecular flexibility index (Phi) is 4.96. The van der Waals surface area contributed by atoms with Crippen molar-refractivity contribution in [1.82, 2.24) is 0 Å². The van der Waals surface area contributed by atoms with E-state index in [1.54, 1.807) is 13.0 Å². The molecule has 0 amide bonds. The van der Waals surface area contributed by atoms with Gasteiger partial charge in [0.1, 0.15) is 0 Å². The highest BCUT2D eigenvalue weighted by Crippen LogP contribution is 2.68. The fraction of sp³-hybridized carbons (Fsp3) is 0.625. The molecule has 3 N–H and O–H groups in total. The molecular formula is C24H30O7. The van der Waals surface area contributed by atoms with Crippen molar-refractivity contribution in [3.8, 4) is 0 Å². The molecule has 4 aliphatic carbocycles. The van der Waals surface area contributed by atoms with Crippen LogP contribution in [0.1, 0.15) is 40.0 Å². The lowest BCUT2D eigenvalue weighted by atomic mass is 9.45. The van der Waals surface area contributed by atoms with Gasteiger partial charge in [0.25, 0.3) is 0 Å². The predicted octanol–water partition coefficient (Wildman–Crippen LogP) is 1.27. The summed E-state index contributed by atoms with van der Waals surface area (Å²) >= 11 is 0. The Balaban J connectivity index is 1.76. The molecule has 0 radical (unpaired) electrons. The first-order valence-corrected chi connectivity index (χ1v) is 10.7. The third-order valence-corrected chi connectivity index (χ3v) is 8.53. The number of aliphatic hydroxyl groups is 3. The molecule has 3 saturated carbocycles. The van der Waals surface area contributed by atoms with Gasteiger partial charge in [-0.15, -0.1) is 0 Å². The average Bonchev–Trinajstić information content (AvgIpc) is 2.88. The van der Waals surface area contributed by atoms with Gasteiger partial charge in [0, 0.05) is 23.7 Å². The van der Waals surface area contributed by atoms with Crippen molar-refractivity contribution in [3.63, 3.8) is 0 Å². The van der Waals surface area contributed by atoms with E-state index >= 15 is 0 Å². The third kappa shape index (κ3) is 2.86. The first-order valence-electron chi connectivity index (χ1n) is 10.7. The highest BCUT2D eigenvalue weighted by molar-refractivity contribution is 6.01. The monoisotopic (exact) mass is 430 g/mol. The molecule has 7 nitrogen and oxygen atoms in total. The zero-order chi connectivity index (χ0) is 22.9. The van der Waals surface area contributed by atoms with Crippen molar-refractivity contribution in [2.45, 2.75) is 57.8 Å². The lowest BCUT2D eigenvalue weighted by Gasteiger charge is -2.60. The summed E-state index contributed by atoms with van der Waals surface area (Å²) < 4.78 is 4.86. The van der Waals surface area contributed by atoms with Crippen LogP contribution in [-0.2, 0) is 19.1 Å². The van der Waals surface area contributed by atoms with E-state index < -0.39 is 52.9 Å². The summed E-state index contributed by atoms with van der Waals surface area (Å²) in [5, 5.41) is 34.1. The fourth-order valence-corrected chi connectivity index (χ4v) is 7.04. The Morgan fingerprint density at radius 1 is 1.23 bits per heavy atom. The number of aliphatic hydroxyl groups excluding tert-OH is 2. The molecule has 0 spiro atoms. The highest BCUT2D eigenvalue weighted by atomic mass is 16.5. The molecule has 0 aliphatic heterocycles.